The number of anilines is 2. The number of pyridine rings is 1. The van der Waals surface area contributed by atoms with Gasteiger partial charge in [-0.15, -0.1) is 0 Å². The first kappa shape index (κ1) is 18.6. The van der Waals surface area contributed by atoms with Gasteiger partial charge in [-0.25, -0.2) is 9.69 Å². The monoisotopic (exact) mass is 362 g/mol. The molecule has 0 spiro atoms. The molecule has 0 radical (unpaired) electrons. The lowest BCUT2D eigenvalue weighted by molar-refractivity contribution is -0.884. The number of carbonyl (C=O) groups excluding carboxylic acids is 1. The smallest absolute Gasteiger partial charge is 0.407 e. The fourth-order valence-electron chi connectivity index (χ4n) is 2.74. The summed E-state index contributed by atoms with van der Waals surface area (Å²) in [5.41, 5.74) is 2.23. The van der Waals surface area contributed by atoms with Gasteiger partial charge in [0.05, 0.1) is 32.5 Å². The summed E-state index contributed by atoms with van der Waals surface area (Å²) < 4.78 is 6.46. The van der Waals surface area contributed by atoms with Gasteiger partial charge < -0.3 is 9.22 Å². The molecule has 3 aromatic rings. The van der Waals surface area contributed by atoms with Gasteiger partial charge in [0.2, 0.25) is 0 Å². The maximum atomic E-state index is 13.1. The standard InChI is InChI=1S/C22H24N3O2/c1-25(2,3)17-20-21(15-10-16-23-20)27-22(26)24(18-11-6-4-7-12-18)19-13-8-5-9-14-19/h4-16H,17H2,1-3H3/q+1. The first-order valence-electron chi connectivity index (χ1n) is 8.80. The maximum absolute atomic E-state index is 13.1. The molecule has 0 N–H and O–H groups in total. The molecule has 1 heterocycles. The quantitative estimate of drug-likeness (QED) is 0.622. The summed E-state index contributed by atoms with van der Waals surface area (Å²) >= 11 is 0. The van der Waals surface area contributed by atoms with Gasteiger partial charge in [-0.05, 0) is 36.4 Å². The van der Waals surface area contributed by atoms with Crippen LogP contribution in [-0.4, -0.2) is 36.7 Å². The summed E-state index contributed by atoms with van der Waals surface area (Å²) in [7, 11) is 6.21. The highest BCUT2D eigenvalue weighted by molar-refractivity contribution is 5.97. The summed E-state index contributed by atoms with van der Waals surface area (Å²) in [6, 6.07) is 22.5. The molecular formula is C22H24N3O2+. The van der Waals surface area contributed by atoms with Gasteiger partial charge in [0.15, 0.2) is 5.75 Å². The van der Waals surface area contributed by atoms with Crippen LogP contribution in [0.15, 0.2) is 79.0 Å². The van der Waals surface area contributed by atoms with Crippen molar-refractivity contribution in [1.82, 2.24) is 4.98 Å². The molecule has 0 aliphatic rings. The fraction of sp³-hybridized carbons (Fsp3) is 0.182. The minimum absolute atomic E-state index is 0.469. The molecule has 0 fully saturated rings. The summed E-state index contributed by atoms with van der Waals surface area (Å²) in [6.07, 6.45) is 1.25. The van der Waals surface area contributed by atoms with E-state index in [4.69, 9.17) is 4.74 Å². The average molecular weight is 362 g/mol. The Morgan fingerprint density at radius 2 is 1.44 bits per heavy atom. The van der Waals surface area contributed by atoms with Gasteiger partial charge >= 0.3 is 6.09 Å². The lowest BCUT2D eigenvalue weighted by Crippen LogP contribution is -2.34. The van der Waals surface area contributed by atoms with E-state index in [9.17, 15) is 4.79 Å². The molecule has 0 saturated heterocycles. The van der Waals surface area contributed by atoms with Crippen LogP contribution in [0, 0.1) is 0 Å². The van der Waals surface area contributed by atoms with Crippen molar-refractivity contribution in [3.8, 4) is 5.75 Å². The highest BCUT2D eigenvalue weighted by Crippen LogP contribution is 2.27. The Morgan fingerprint density at radius 1 is 0.889 bits per heavy atom. The van der Waals surface area contributed by atoms with Crippen LogP contribution in [0.25, 0.3) is 0 Å². The number of para-hydroxylation sites is 2. The van der Waals surface area contributed by atoms with Crippen LogP contribution in [0.4, 0.5) is 16.2 Å². The SMILES string of the molecule is C[N+](C)(C)Cc1ncccc1OC(=O)N(c1ccccc1)c1ccccc1. The van der Waals surface area contributed by atoms with E-state index in [0.717, 1.165) is 17.1 Å². The van der Waals surface area contributed by atoms with Crippen LogP contribution in [0.5, 0.6) is 5.75 Å². The van der Waals surface area contributed by atoms with Gasteiger partial charge in [0, 0.05) is 6.20 Å². The minimum atomic E-state index is -0.469. The predicted octanol–water partition coefficient (Wildman–Crippen LogP) is 4.62. The maximum Gasteiger partial charge on any atom is 0.424 e. The van der Waals surface area contributed by atoms with Gasteiger partial charge in [-0.1, -0.05) is 36.4 Å². The number of quaternary nitrogens is 1. The fourth-order valence-corrected chi connectivity index (χ4v) is 2.74. The zero-order valence-electron chi connectivity index (χ0n) is 15.9. The van der Waals surface area contributed by atoms with Crippen LogP contribution in [0.2, 0.25) is 0 Å². The van der Waals surface area contributed by atoms with Crippen molar-refractivity contribution >= 4 is 17.5 Å². The number of aromatic nitrogens is 1. The summed E-state index contributed by atoms with van der Waals surface area (Å²) in [6.45, 7) is 0.653. The second kappa shape index (κ2) is 8.01. The topological polar surface area (TPSA) is 42.4 Å². The molecule has 2 aromatic carbocycles. The summed E-state index contributed by atoms with van der Waals surface area (Å²) in [5, 5.41) is 0. The number of nitrogens with zero attached hydrogens (tertiary/aromatic N) is 3. The Kier molecular flexibility index (Phi) is 5.52. The molecule has 1 amide bonds. The third kappa shape index (κ3) is 4.92. The van der Waals surface area contributed by atoms with Crippen molar-refractivity contribution in [3.05, 3.63) is 84.7 Å². The van der Waals surface area contributed by atoms with Crippen LogP contribution >= 0.6 is 0 Å². The predicted molar refractivity (Wildman–Crippen MR) is 107 cm³/mol. The molecule has 3 rings (SSSR count). The van der Waals surface area contributed by atoms with Crippen molar-refractivity contribution in [3.63, 3.8) is 0 Å². The Hall–Kier alpha value is -3.18. The van der Waals surface area contributed by atoms with Gasteiger partial charge in [-0.2, -0.15) is 0 Å². The van der Waals surface area contributed by atoms with Crippen molar-refractivity contribution in [2.75, 3.05) is 26.0 Å². The Bertz CT molecular complexity index is 851. The largest absolute Gasteiger partial charge is 0.424 e. The third-order valence-electron chi connectivity index (χ3n) is 3.88. The van der Waals surface area contributed by atoms with E-state index in [-0.39, 0.29) is 0 Å². The van der Waals surface area contributed by atoms with Crippen LogP contribution in [-0.2, 0) is 6.54 Å². The number of rotatable bonds is 5. The van der Waals surface area contributed by atoms with Crippen molar-refractivity contribution in [1.29, 1.82) is 0 Å². The Balaban J connectivity index is 1.93. The highest BCUT2D eigenvalue weighted by Gasteiger charge is 2.23. The van der Waals surface area contributed by atoms with Gasteiger partial charge in [0.25, 0.3) is 0 Å². The lowest BCUT2D eigenvalue weighted by Gasteiger charge is -2.25. The molecule has 27 heavy (non-hydrogen) atoms. The molecule has 0 unspecified atom stereocenters. The summed E-state index contributed by atoms with van der Waals surface area (Å²) in [4.78, 5) is 19.1. The Labute approximate surface area is 160 Å². The number of ether oxygens (including phenoxy) is 1. The molecule has 0 bridgehead atoms. The van der Waals surface area contributed by atoms with Crippen LogP contribution in [0.1, 0.15) is 5.69 Å². The third-order valence-corrected chi connectivity index (χ3v) is 3.88. The average Bonchev–Trinajstić information content (AvgIpc) is 2.64. The highest BCUT2D eigenvalue weighted by atomic mass is 16.6. The minimum Gasteiger partial charge on any atom is -0.407 e. The van der Waals surface area contributed by atoms with Crippen LogP contribution in [0.3, 0.4) is 0 Å². The van der Waals surface area contributed by atoms with E-state index < -0.39 is 6.09 Å². The molecule has 0 aliphatic carbocycles. The number of carbonyl (C=O) groups is 1. The normalized spacial score (nSPS) is 11.1. The molecular weight excluding hydrogens is 338 g/mol. The van der Waals surface area contributed by atoms with Crippen LogP contribution < -0.4 is 9.64 Å². The van der Waals surface area contributed by atoms with E-state index in [0.29, 0.717) is 16.8 Å². The first-order chi connectivity index (χ1) is 12.9. The second-order valence-electron chi connectivity index (χ2n) is 7.27. The first-order valence-corrected chi connectivity index (χ1v) is 8.80. The van der Waals surface area contributed by atoms with E-state index >= 15 is 0 Å². The lowest BCUT2D eigenvalue weighted by atomic mass is 10.2. The van der Waals surface area contributed by atoms with E-state index in [1.807, 2.05) is 60.7 Å². The molecule has 0 aliphatic heterocycles. The van der Waals surface area contributed by atoms with Gasteiger partial charge in [0.1, 0.15) is 12.2 Å². The summed E-state index contributed by atoms with van der Waals surface area (Å²) in [5.74, 6) is 0.479. The van der Waals surface area contributed by atoms with E-state index in [2.05, 4.69) is 26.1 Å². The molecule has 138 valence electrons. The molecule has 0 saturated carbocycles. The zero-order chi connectivity index (χ0) is 19.3. The van der Waals surface area contributed by atoms with Crippen molar-refractivity contribution < 1.29 is 14.0 Å². The Morgan fingerprint density at radius 3 is 1.96 bits per heavy atom. The molecule has 5 nitrogen and oxygen atoms in total. The number of benzene rings is 2. The number of amides is 1. The van der Waals surface area contributed by atoms with E-state index in [1.165, 1.54) is 0 Å². The number of hydrogen-bond donors (Lipinski definition) is 0. The van der Waals surface area contributed by atoms with Crippen molar-refractivity contribution in [2.24, 2.45) is 0 Å². The molecule has 0 atom stereocenters. The van der Waals surface area contributed by atoms with Gasteiger partial charge in [-0.3, -0.25) is 4.98 Å². The molecule has 1 aromatic heterocycles. The van der Waals surface area contributed by atoms with E-state index in [1.54, 1.807) is 23.2 Å². The zero-order valence-corrected chi connectivity index (χ0v) is 15.9. The van der Waals surface area contributed by atoms with Crippen molar-refractivity contribution in [2.45, 2.75) is 6.54 Å². The number of hydrogen-bond acceptors (Lipinski definition) is 3. The molecule has 5 heteroatoms. The second-order valence-corrected chi connectivity index (χ2v) is 7.27.